The van der Waals surface area contributed by atoms with Crippen LogP contribution in [-0.4, -0.2) is 23.3 Å². The molecule has 0 spiro atoms. The number of ether oxygens (including phenoxy) is 1. The topological polar surface area (TPSA) is 66.8 Å². The van der Waals surface area contributed by atoms with Crippen molar-refractivity contribution in [3.05, 3.63) is 23.8 Å². The van der Waals surface area contributed by atoms with E-state index in [9.17, 15) is 15.0 Å². The molecule has 74 valence electrons. The minimum absolute atomic E-state index is 0.0743. The Labute approximate surface area is 81.1 Å². The number of hydrogen-bond acceptors (Lipinski definition) is 4. The highest BCUT2D eigenvalue weighted by Gasteiger charge is 2.07. The molecular weight excluding hydrogens is 184 g/mol. The van der Waals surface area contributed by atoms with Crippen molar-refractivity contribution >= 4 is 5.94 Å². The van der Waals surface area contributed by atoms with Gasteiger partial charge in [0.1, 0.15) is 11.7 Å². The van der Waals surface area contributed by atoms with E-state index in [1.54, 1.807) is 5.94 Å². The Bertz CT molecular complexity index is 378. The number of phenolic OH excluding ortho intramolecular Hbond substituents is 2. The van der Waals surface area contributed by atoms with Crippen LogP contribution < -0.4 is 4.74 Å². The highest BCUT2D eigenvalue weighted by molar-refractivity contribution is 5.52. The monoisotopic (exact) mass is 194 g/mol. The summed E-state index contributed by atoms with van der Waals surface area (Å²) in [6, 6.07) is 2.64. The van der Waals surface area contributed by atoms with Gasteiger partial charge in [-0.1, -0.05) is 0 Å². The van der Waals surface area contributed by atoms with E-state index in [2.05, 4.69) is 0 Å². The molecule has 0 radical (unpaired) electrons. The third-order valence-corrected chi connectivity index (χ3v) is 1.79. The van der Waals surface area contributed by atoms with Crippen molar-refractivity contribution in [1.82, 2.24) is 0 Å². The largest absolute Gasteiger partial charge is 0.508 e. The van der Waals surface area contributed by atoms with Gasteiger partial charge in [-0.15, -0.1) is 0 Å². The van der Waals surface area contributed by atoms with Gasteiger partial charge in [0.05, 0.1) is 7.11 Å². The molecule has 0 saturated carbocycles. The van der Waals surface area contributed by atoms with Gasteiger partial charge < -0.3 is 14.9 Å². The van der Waals surface area contributed by atoms with Crippen LogP contribution in [0.2, 0.25) is 0 Å². The molecule has 1 rings (SSSR count). The lowest BCUT2D eigenvalue weighted by atomic mass is 10.1. The average molecular weight is 194 g/mol. The van der Waals surface area contributed by atoms with Crippen LogP contribution in [-0.2, 0) is 11.2 Å². The van der Waals surface area contributed by atoms with Crippen molar-refractivity contribution in [2.75, 3.05) is 7.11 Å². The average Bonchev–Trinajstić information content (AvgIpc) is 2.17. The van der Waals surface area contributed by atoms with Gasteiger partial charge in [0.15, 0.2) is 11.5 Å². The lowest BCUT2D eigenvalue weighted by Crippen LogP contribution is -1.88. The molecule has 0 heterocycles. The van der Waals surface area contributed by atoms with Gasteiger partial charge in [-0.05, 0) is 6.07 Å². The number of allylic oxidation sites excluding steroid dienone is 1. The van der Waals surface area contributed by atoms with Crippen LogP contribution in [0.1, 0.15) is 5.56 Å². The number of methoxy groups -OCH3 is 1. The highest BCUT2D eigenvalue weighted by Crippen LogP contribution is 2.33. The summed E-state index contributed by atoms with van der Waals surface area (Å²) in [5.74, 6) is 1.66. The molecule has 0 aliphatic carbocycles. The molecule has 0 aliphatic heterocycles. The Morgan fingerprint density at radius 1 is 1.43 bits per heavy atom. The maximum Gasteiger partial charge on any atom is 0.161 e. The Morgan fingerprint density at radius 2 is 2.14 bits per heavy atom. The van der Waals surface area contributed by atoms with Crippen molar-refractivity contribution in [2.24, 2.45) is 0 Å². The van der Waals surface area contributed by atoms with E-state index in [0.717, 1.165) is 0 Å². The van der Waals surface area contributed by atoms with E-state index < -0.39 is 0 Å². The van der Waals surface area contributed by atoms with Crippen LogP contribution in [0, 0.1) is 0 Å². The number of phenols is 2. The number of carbonyl (C=O) groups excluding carboxylic acids is 1. The molecule has 0 fully saturated rings. The standard InChI is InChI=1S/C10H10O4/c1-14-10-5-7(3-2-4-11)8(12)6-9(10)13/h2,5-6,12-13H,3H2,1H3. The van der Waals surface area contributed by atoms with E-state index in [1.165, 1.54) is 25.3 Å². The van der Waals surface area contributed by atoms with Crippen LogP contribution in [0.4, 0.5) is 0 Å². The molecule has 0 saturated heterocycles. The van der Waals surface area contributed by atoms with Crippen LogP contribution in [0.3, 0.4) is 0 Å². The summed E-state index contributed by atoms with van der Waals surface area (Å²) in [4.78, 5) is 9.97. The zero-order valence-corrected chi connectivity index (χ0v) is 7.65. The molecule has 0 unspecified atom stereocenters. The fourth-order valence-electron chi connectivity index (χ4n) is 1.08. The minimum Gasteiger partial charge on any atom is -0.508 e. The SMILES string of the molecule is COc1cc(CC=C=O)c(O)cc1O. The van der Waals surface area contributed by atoms with Crippen LogP contribution in [0.5, 0.6) is 17.2 Å². The smallest absolute Gasteiger partial charge is 0.161 e. The first-order chi connectivity index (χ1) is 6.69. The summed E-state index contributed by atoms with van der Waals surface area (Å²) >= 11 is 0. The summed E-state index contributed by atoms with van der Waals surface area (Å²) in [6.45, 7) is 0. The fraction of sp³-hybridized carbons (Fsp3) is 0.200. The first-order valence-corrected chi connectivity index (χ1v) is 3.97. The van der Waals surface area contributed by atoms with Crippen molar-refractivity contribution in [1.29, 1.82) is 0 Å². The zero-order chi connectivity index (χ0) is 10.6. The predicted molar refractivity (Wildman–Crippen MR) is 50.3 cm³/mol. The van der Waals surface area contributed by atoms with Gasteiger partial charge in [-0.25, -0.2) is 4.79 Å². The summed E-state index contributed by atoms with van der Waals surface area (Å²) in [7, 11) is 1.41. The van der Waals surface area contributed by atoms with E-state index in [1.807, 2.05) is 0 Å². The third kappa shape index (κ3) is 2.06. The van der Waals surface area contributed by atoms with Crippen LogP contribution in [0.25, 0.3) is 0 Å². The second kappa shape index (κ2) is 4.35. The summed E-state index contributed by atoms with van der Waals surface area (Å²) in [5, 5.41) is 18.6. The first-order valence-electron chi connectivity index (χ1n) is 3.97. The molecule has 4 heteroatoms. The Morgan fingerprint density at radius 3 is 2.71 bits per heavy atom. The van der Waals surface area contributed by atoms with Gasteiger partial charge in [0.25, 0.3) is 0 Å². The van der Waals surface area contributed by atoms with E-state index in [-0.39, 0.29) is 23.7 Å². The molecule has 0 aliphatic rings. The molecule has 0 atom stereocenters. The first kappa shape index (κ1) is 10.2. The number of aromatic hydroxyl groups is 2. The van der Waals surface area contributed by atoms with Gasteiger partial charge >= 0.3 is 0 Å². The number of rotatable bonds is 3. The maximum absolute atomic E-state index is 9.97. The normalized spacial score (nSPS) is 9.21. The summed E-state index contributed by atoms with van der Waals surface area (Å²) < 4.78 is 4.85. The van der Waals surface area contributed by atoms with Crippen LogP contribution in [0.15, 0.2) is 18.2 Å². The molecular formula is C10H10O4. The van der Waals surface area contributed by atoms with Gasteiger partial charge in [0, 0.05) is 24.1 Å². The molecule has 0 aromatic heterocycles. The zero-order valence-electron chi connectivity index (χ0n) is 7.65. The Kier molecular flexibility index (Phi) is 3.15. The third-order valence-electron chi connectivity index (χ3n) is 1.79. The molecule has 2 N–H and O–H groups in total. The molecule has 1 aromatic carbocycles. The van der Waals surface area contributed by atoms with Crippen molar-refractivity contribution in [2.45, 2.75) is 6.42 Å². The lowest BCUT2D eigenvalue weighted by molar-refractivity contribution is 0.368. The summed E-state index contributed by atoms with van der Waals surface area (Å²) in [6.07, 6.45) is 1.50. The lowest BCUT2D eigenvalue weighted by Gasteiger charge is -2.06. The van der Waals surface area contributed by atoms with Gasteiger partial charge in [-0.2, -0.15) is 0 Å². The molecule has 4 nitrogen and oxygen atoms in total. The maximum atomic E-state index is 9.97. The van der Waals surface area contributed by atoms with E-state index >= 15 is 0 Å². The van der Waals surface area contributed by atoms with Crippen LogP contribution >= 0.6 is 0 Å². The van der Waals surface area contributed by atoms with Crippen molar-refractivity contribution in [3.8, 4) is 17.2 Å². The van der Waals surface area contributed by atoms with Crippen molar-refractivity contribution in [3.63, 3.8) is 0 Å². The fourth-order valence-corrected chi connectivity index (χ4v) is 1.08. The predicted octanol–water partition coefficient (Wildman–Crippen LogP) is 1.04. The quantitative estimate of drug-likeness (QED) is 0.705. The highest BCUT2D eigenvalue weighted by atomic mass is 16.5. The number of hydrogen-bond donors (Lipinski definition) is 2. The Balaban J connectivity index is 3.10. The van der Waals surface area contributed by atoms with Crippen molar-refractivity contribution < 1.29 is 19.7 Å². The van der Waals surface area contributed by atoms with E-state index in [4.69, 9.17) is 4.74 Å². The Hall–Kier alpha value is -1.93. The number of benzene rings is 1. The van der Waals surface area contributed by atoms with E-state index in [0.29, 0.717) is 5.56 Å². The van der Waals surface area contributed by atoms with Gasteiger partial charge in [0.2, 0.25) is 0 Å². The molecule has 1 aromatic rings. The summed E-state index contributed by atoms with van der Waals surface area (Å²) in [5.41, 5.74) is 0.503. The minimum atomic E-state index is -0.135. The van der Waals surface area contributed by atoms with Gasteiger partial charge in [-0.3, -0.25) is 0 Å². The second-order valence-corrected chi connectivity index (χ2v) is 2.68. The second-order valence-electron chi connectivity index (χ2n) is 2.68. The molecule has 0 bridgehead atoms. The molecule has 14 heavy (non-hydrogen) atoms. The molecule has 0 amide bonds.